The van der Waals surface area contributed by atoms with Gasteiger partial charge in [-0.25, -0.2) is 4.98 Å². The first-order chi connectivity index (χ1) is 12.7. The van der Waals surface area contributed by atoms with Gasteiger partial charge >= 0.3 is 0 Å². The van der Waals surface area contributed by atoms with E-state index in [0.29, 0.717) is 25.3 Å². The van der Waals surface area contributed by atoms with Crippen LogP contribution in [0.15, 0.2) is 55.0 Å². The van der Waals surface area contributed by atoms with E-state index in [9.17, 15) is 5.26 Å². The van der Waals surface area contributed by atoms with Crippen LogP contribution in [0.3, 0.4) is 0 Å². The number of nitrogens with zero attached hydrogens (tertiary/aromatic N) is 3. The third-order valence-electron chi connectivity index (χ3n) is 4.26. The molecular weight excluding hydrogens is 324 g/mol. The Morgan fingerprint density at radius 2 is 2.00 bits per heavy atom. The molecule has 2 N–H and O–H groups in total. The van der Waals surface area contributed by atoms with Gasteiger partial charge in [-0.05, 0) is 47.4 Å². The largest absolute Gasteiger partial charge is 0.378 e. The number of hydrogen-bond acceptors (Lipinski definition) is 4. The van der Waals surface area contributed by atoms with Crippen LogP contribution in [0.25, 0.3) is 11.1 Å². The van der Waals surface area contributed by atoms with E-state index in [4.69, 9.17) is 10.5 Å². The number of nitrogens with two attached hydrogens (primary N) is 1. The first-order valence-electron chi connectivity index (χ1n) is 8.55. The van der Waals surface area contributed by atoms with Gasteiger partial charge in [-0.3, -0.25) is 0 Å². The Bertz CT molecular complexity index is 907. The van der Waals surface area contributed by atoms with Crippen LogP contribution in [0.5, 0.6) is 0 Å². The summed E-state index contributed by atoms with van der Waals surface area (Å²) in [4.78, 5) is 4.34. The van der Waals surface area contributed by atoms with Crippen molar-refractivity contribution in [3.05, 3.63) is 77.4 Å². The van der Waals surface area contributed by atoms with Crippen molar-refractivity contribution in [1.29, 1.82) is 5.26 Å². The first kappa shape index (κ1) is 17.9. The zero-order chi connectivity index (χ0) is 18.4. The molecule has 5 nitrogen and oxygen atoms in total. The molecule has 132 valence electrons. The zero-order valence-corrected chi connectivity index (χ0v) is 14.9. The van der Waals surface area contributed by atoms with E-state index in [-0.39, 0.29) is 0 Å². The van der Waals surface area contributed by atoms with E-state index in [1.165, 1.54) is 5.56 Å². The lowest BCUT2D eigenvalue weighted by Crippen LogP contribution is -2.02. The lowest BCUT2D eigenvalue weighted by Gasteiger charge is -2.12. The van der Waals surface area contributed by atoms with Crippen molar-refractivity contribution < 1.29 is 4.74 Å². The molecule has 0 saturated heterocycles. The monoisotopic (exact) mass is 346 g/mol. The topological polar surface area (TPSA) is 76.9 Å². The van der Waals surface area contributed by atoms with Crippen molar-refractivity contribution in [3.8, 4) is 17.2 Å². The maximum absolute atomic E-state index is 9.26. The third-order valence-corrected chi connectivity index (χ3v) is 4.26. The summed E-state index contributed by atoms with van der Waals surface area (Å²) in [6.07, 6.45) is 4.63. The Morgan fingerprint density at radius 3 is 2.69 bits per heavy atom. The maximum Gasteiger partial charge on any atom is 0.0991 e. The second-order valence-corrected chi connectivity index (χ2v) is 6.19. The standard InChI is InChI=1S/C21H22N4O/c1-26-14-20-13-25(15-24-20)12-19-10-17(11-23)4-7-21(19)18-5-2-16(3-6-18)8-9-22/h2-7,10,13,15H,8-9,12,14,22H2,1H3. The lowest BCUT2D eigenvalue weighted by atomic mass is 9.96. The molecule has 0 aliphatic rings. The molecule has 26 heavy (non-hydrogen) atoms. The minimum atomic E-state index is 0.487. The highest BCUT2D eigenvalue weighted by Gasteiger charge is 2.09. The Labute approximate surface area is 153 Å². The highest BCUT2D eigenvalue weighted by molar-refractivity contribution is 5.68. The normalized spacial score (nSPS) is 10.7. The molecule has 3 rings (SSSR count). The van der Waals surface area contributed by atoms with Crippen LogP contribution in [0, 0.1) is 11.3 Å². The second kappa shape index (κ2) is 8.43. The minimum absolute atomic E-state index is 0.487. The zero-order valence-electron chi connectivity index (χ0n) is 14.9. The fourth-order valence-corrected chi connectivity index (χ4v) is 3.01. The molecule has 5 heteroatoms. The van der Waals surface area contributed by atoms with Crippen molar-refractivity contribution in [2.45, 2.75) is 19.6 Å². The number of methoxy groups -OCH3 is 1. The number of aromatic nitrogens is 2. The molecule has 0 amide bonds. The van der Waals surface area contributed by atoms with E-state index >= 15 is 0 Å². The minimum Gasteiger partial charge on any atom is -0.378 e. The van der Waals surface area contributed by atoms with Crippen LogP contribution in [0.4, 0.5) is 0 Å². The number of benzene rings is 2. The van der Waals surface area contributed by atoms with Crippen LogP contribution < -0.4 is 5.73 Å². The van der Waals surface area contributed by atoms with Crippen LogP contribution in [-0.4, -0.2) is 23.2 Å². The Hall–Kier alpha value is -2.94. The van der Waals surface area contributed by atoms with Gasteiger partial charge in [-0.15, -0.1) is 0 Å². The average molecular weight is 346 g/mol. The predicted octanol–water partition coefficient (Wildman–Crippen LogP) is 3.12. The van der Waals surface area contributed by atoms with Gasteiger partial charge in [0.2, 0.25) is 0 Å². The van der Waals surface area contributed by atoms with E-state index in [1.54, 1.807) is 13.4 Å². The van der Waals surface area contributed by atoms with Gasteiger partial charge in [0.15, 0.2) is 0 Å². The first-order valence-corrected chi connectivity index (χ1v) is 8.55. The fraction of sp³-hybridized carbons (Fsp3) is 0.238. The van der Waals surface area contributed by atoms with Crippen LogP contribution >= 0.6 is 0 Å². The summed E-state index contributed by atoms with van der Waals surface area (Å²) in [6.45, 7) is 1.78. The molecule has 0 saturated carbocycles. The molecule has 0 unspecified atom stereocenters. The van der Waals surface area contributed by atoms with Gasteiger partial charge in [0.1, 0.15) is 0 Å². The molecule has 0 spiro atoms. The summed E-state index contributed by atoms with van der Waals surface area (Å²) in [6, 6.07) is 16.5. The summed E-state index contributed by atoms with van der Waals surface area (Å²) in [7, 11) is 1.65. The van der Waals surface area contributed by atoms with Gasteiger partial charge in [0, 0.05) is 19.9 Å². The highest BCUT2D eigenvalue weighted by Crippen LogP contribution is 2.26. The highest BCUT2D eigenvalue weighted by atomic mass is 16.5. The van der Waals surface area contributed by atoms with Gasteiger partial charge in [-0.2, -0.15) is 5.26 Å². The summed E-state index contributed by atoms with van der Waals surface area (Å²) in [5.74, 6) is 0. The van der Waals surface area contributed by atoms with Gasteiger partial charge in [0.05, 0.1) is 30.3 Å². The molecule has 2 aromatic carbocycles. The molecule has 0 radical (unpaired) electrons. The summed E-state index contributed by atoms with van der Waals surface area (Å²) in [5.41, 5.74) is 11.7. The Balaban J connectivity index is 1.93. The summed E-state index contributed by atoms with van der Waals surface area (Å²) >= 11 is 0. The van der Waals surface area contributed by atoms with Crippen LogP contribution in [-0.2, 0) is 24.3 Å². The van der Waals surface area contributed by atoms with Crippen molar-refractivity contribution in [2.75, 3.05) is 13.7 Å². The molecule has 1 heterocycles. The second-order valence-electron chi connectivity index (χ2n) is 6.19. The number of ether oxygens (including phenoxy) is 1. The van der Waals surface area contributed by atoms with Crippen molar-refractivity contribution in [1.82, 2.24) is 9.55 Å². The molecular formula is C21H22N4O. The average Bonchev–Trinajstić information content (AvgIpc) is 3.10. The van der Waals surface area contributed by atoms with Crippen molar-refractivity contribution in [3.63, 3.8) is 0 Å². The smallest absolute Gasteiger partial charge is 0.0991 e. The van der Waals surface area contributed by atoms with Gasteiger partial charge < -0.3 is 15.0 Å². The quantitative estimate of drug-likeness (QED) is 0.713. The van der Waals surface area contributed by atoms with Crippen LogP contribution in [0.2, 0.25) is 0 Å². The van der Waals surface area contributed by atoms with Crippen molar-refractivity contribution >= 4 is 0 Å². The molecule has 0 aliphatic heterocycles. The molecule has 0 atom stereocenters. The lowest BCUT2D eigenvalue weighted by molar-refractivity contribution is 0.182. The van der Waals surface area contributed by atoms with E-state index < -0.39 is 0 Å². The maximum atomic E-state index is 9.26. The molecule has 3 aromatic rings. The number of rotatable bonds is 7. The molecule has 0 fully saturated rings. The Morgan fingerprint density at radius 1 is 1.19 bits per heavy atom. The van der Waals surface area contributed by atoms with E-state index in [0.717, 1.165) is 28.8 Å². The SMILES string of the molecule is COCc1cn(Cc2cc(C#N)ccc2-c2ccc(CCN)cc2)cn1. The number of hydrogen-bond donors (Lipinski definition) is 1. The third kappa shape index (κ3) is 4.17. The van der Waals surface area contributed by atoms with E-state index in [1.807, 2.05) is 29.0 Å². The predicted molar refractivity (Wildman–Crippen MR) is 101 cm³/mol. The van der Waals surface area contributed by atoms with Gasteiger partial charge in [0.25, 0.3) is 0 Å². The van der Waals surface area contributed by atoms with Crippen molar-refractivity contribution in [2.24, 2.45) is 5.73 Å². The number of nitriles is 1. The fourth-order valence-electron chi connectivity index (χ4n) is 3.01. The molecule has 0 aliphatic carbocycles. The summed E-state index contributed by atoms with van der Waals surface area (Å²) < 4.78 is 7.14. The molecule has 1 aromatic heterocycles. The molecule has 0 bridgehead atoms. The van der Waals surface area contributed by atoms with Gasteiger partial charge in [-0.1, -0.05) is 30.3 Å². The summed E-state index contributed by atoms with van der Waals surface area (Å²) in [5, 5.41) is 9.26. The number of imidazole rings is 1. The Kier molecular flexibility index (Phi) is 5.80. The van der Waals surface area contributed by atoms with E-state index in [2.05, 4.69) is 35.3 Å². The van der Waals surface area contributed by atoms with Crippen LogP contribution in [0.1, 0.15) is 22.4 Å².